The number of piperidine rings is 1. The summed E-state index contributed by atoms with van der Waals surface area (Å²) in [7, 11) is 0. The zero-order chi connectivity index (χ0) is 25.6. The Bertz CT molecular complexity index is 1370. The standard InChI is InChI=1S/C30H27N3O3S/c34-28(22-8-14-25(15-9-22)32-30(36)27-5-4-20-37-27)21-6-12-24(13-7-21)31-29(35)23-10-16-26(17-11-23)33-18-2-1-3-19-33/h4-17,20H,1-3,18-19H2,(H,31,35)(H,32,36). The van der Waals surface area contributed by atoms with E-state index in [9.17, 15) is 14.4 Å². The van der Waals surface area contributed by atoms with Gasteiger partial charge >= 0.3 is 0 Å². The first-order chi connectivity index (χ1) is 18.1. The highest BCUT2D eigenvalue weighted by Crippen LogP contribution is 2.22. The lowest BCUT2D eigenvalue weighted by Gasteiger charge is -2.28. The monoisotopic (exact) mass is 509 g/mol. The van der Waals surface area contributed by atoms with Gasteiger partial charge in [-0.05, 0) is 104 Å². The van der Waals surface area contributed by atoms with Crippen LogP contribution in [0.25, 0.3) is 0 Å². The van der Waals surface area contributed by atoms with Crippen LogP contribution in [-0.2, 0) is 0 Å². The maximum absolute atomic E-state index is 12.9. The van der Waals surface area contributed by atoms with Gasteiger partial charge < -0.3 is 15.5 Å². The molecule has 1 fully saturated rings. The molecule has 0 saturated carbocycles. The van der Waals surface area contributed by atoms with Crippen LogP contribution in [0.15, 0.2) is 90.3 Å². The van der Waals surface area contributed by atoms with E-state index in [-0.39, 0.29) is 17.6 Å². The predicted molar refractivity (Wildman–Crippen MR) is 149 cm³/mol. The first-order valence-corrected chi connectivity index (χ1v) is 13.2. The molecule has 0 spiro atoms. The fourth-order valence-electron chi connectivity index (χ4n) is 4.36. The van der Waals surface area contributed by atoms with Gasteiger partial charge in [0.25, 0.3) is 11.8 Å². The quantitative estimate of drug-likeness (QED) is 0.280. The number of amides is 2. The van der Waals surface area contributed by atoms with Gasteiger partial charge in [0, 0.05) is 46.8 Å². The molecule has 0 atom stereocenters. The third-order valence-corrected chi connectivity index (χ3v) is 7.27. The average molecular weight is 510 g/mol. The highest BCUT2D eigenvalue weighted by molar-refractivity contribution is 7.12. The predicted octanol–water partition coefficient (Wildman–Crippen LogP) is 6.47. The SMILES string of the molecule is O=C(Nc1ccc(C(=O)c2ccc(NC(=O)c3cccs3)cc2)cc1)c1ccc(N2CCCCC2)cc1. The summed E-state index contributed by atoms with van der Waals surface area (Å²) in [6.07, 6.45) is 3.70. The van der Waals surface area contributed by atoms with Crippen molar-refractivity contribution in [1.82, 2.24) is 0 Å². The summed E-state index contributed by atoms with van der Waals surface area (Å²) in [4.78, 5) is 40.8. The lowest BCUT2D eigenvalue weighted by atomic mass is 10.0. The molecule has 6 nitrogen and oxygen atoms in total. The van der Waals surface area contributed by atoms with Gasteiger partial charge in [-0.1, -0.05) is 6.07 Å². The maximum atomic E-state index is 12.9. The fourth-order valence-corrected chi connectivity index (χ4v) is 4.97. The number of nitrogens with one attached hydrogen (secondary N) is 2. The molecule has 4 aromatic rings. The minimum Gasteiger partial charge on any atom is -0.372 e. The van der Waals surface area contributed by atoms with Crippen molar-refractivity contribution in [2.24, 2.45) is 0 Å². The Balaban J connectivity index is 1.18. The molecule has 2 amide bonds. The molecule has 37 heavy (non-hydrogen) atoms. The number of thiophene rings is 1. The van der Waals surface area contributed by atoms with E-state index in [2.05, 4.69) is 15.5 Å². The lowest BCUT2D eigenvalue weighted by Crippen LogP contribution is -2.29. The molecule has 0 unspecified atom stereocenters. The molecule has 1 saturated heterocycles. The smallest absolute Gasteiger partial charge is 0.265 e. The van der Waals surface area contributed by atoms with Crippen LogP contribution in [0.2, 0.25) is 0 Å². The Morgan fingerprint density at radius 3 is 1.70 bits per heavy atom. The summed E-state index contributed by atoms with van der Waals surface area (Å²) < 4.78 is 0. The van der Waals surface area contributed by atoms with Crippen LogP contribution < -0.4 is 15.5 Å². The summed E-state index contributed by atoms with van der Waals surface area (Å²) in [5, 5.41) is 7.57. The number of rotatable bonds is 7. The molecular formula is C30H27N3O3S. The molecule has 1 aromatic heterocycles. The van der Waals surface area contributed by atoms with Crippen molar-refractivity contribution in [3.63, 3.8) is 0 Å². The van der Waals surface area contributed by atoms with E-state index in [0.29, 0.717) is 32.9 Å². The molecule has 1 aliphatic rings. The van der Waals surface area contributed by atoms with Gasteiger partial charge in [-0.3, -0.25) is 14.4 Å². The topological polar surface area (TPSA) is 78.5 Å². The van der Waals surface area contributed by atoms with E-state index in [4.69, 9.17) is 0 Å². The van der Waals surface area contributed by atoms with Gasteiger partial charge in [-0.25, -0.2) is 0 Å². The summed E-state index contributed by atoms with van der Waals surface area (Å²) in [6, 6.07) is 24.9. The maximum Gasteiger partial charge on any atom is 0.265 e. The first kappa shape index (κ1) is 24.5. The minimum atomic E-state index is -0.190. The van der Waals surface area contributed by atoms with Crippen LogP contribution in [0.5, 0.6) is 0 Å². The second-order valence-corrected chi connectivity index (χ2v) is 9.91. The van der Waals surface area contributed by atoms with Gasteiger partial charge in [-0.15, -0.1) is 11.3 Å². The second kappa shape index (κ2) is 11.2. The Hall–Kier alpha value is -4.23. The molecule has 2 N–H and O–H groups in total. The largest absolute Gasteiger partial charge is 0.372 e. The molecule has 0 radical (unpaired) electrons. The molecule has 1 aliphatic heterocycles. The van der Waals surface area contributed by atoms with Crippen molar-refractivity contribution >= 4 is 46.0 Å². The normalized spacial score (nSPS) is 13.1. The number of carbonyl (C=O) groups excluding carboxylic acids is 3. The van der Waals surface area contributed by atoms with E-state index in [1.165, 1.54) is 30.6 Å². The van der Waals surface area contributed by atoms with E-state index in [1.807, 2.05) is 35.7 Å². The van der Waals surface area contributed by atoms with E-state index in [1.54, 1.807) is 54.6 Å². The van der Waals surface area contributed by atoms with Crippen molar-refractivity contribution in [1.29, 1.82) is 0 Å². The highest BCUT2D eigenvalue weighted by atomic mass is 32.1. The van der Waals surface area contributed by atoms with Crippen molar-refractivity contribution in [2.75, 3.05) is 28.6 Å². The summed E-state index contributed by atoms with van der Waals surface area (Å²) in [5.41, 5.74) is 4.01. The third-order valence-electron chi connectivity index (χ3n) is 6.41. The van der Waals surface area contributed by atoms with Crippen LogP contribution in [0.1, 0.15) is 55.2 Å². The van der Waals surface area contributed by atoms with Crippen molar-refractivity contribution in [3.05, 3.63) is 112 Å². The van der Waals surface area contributed by atoms with Gasteiger partial charge in [0.2, 0.25) is 0 Å². The lowest BCUT2D eigenvalue weighted by molar-refractivity contribution is 0.102. The molecule has 0 aliphatic carbocycles. The van der Waals surface area contributed by atoms with Crippen molar-refractivity contribution in [3.8, 4) is 0 Å². The Morgan fingerprint density at radius 1 is 0.622 bits per heavy atom. The molecule has 2 heterocycles. The zero-order valence-electron chi connectivity index (χ0n) is 20.3. The number of carbonyl (C=O) groups is 3. The molecule has 3 aromatic carbocycles. The summed E-state index contributed by atoms with van der Waals surface area (Å²) in [6.45, 7) is 2.12. The van der Waals surface area contributed by atoms with Gasteiger partial charge in [0.05, 0.1) is 4.88 Å². The van der Waals surface area contributed by atoms with Crippen molar-refractivity contribution in [2.45, 2.75) is 19.3 Å². The van der Waals surface area contributed by atoms with Crippen LogP contribution in [0, 0.1) is 0 Å². The third kappa shape index (κ3) is 5.95. The number of anilines is 3. The fraction of sp³-hybridized carbons (Fsp3) is 0.167. The molecule has 7 heteroatoms. The van der Waals surface area contributed by atoms with Crippen LogP contribution in [0.3, 0.4) is 0 Å². The number of benzene rings is 3. The number of hydrogen-bond donors (Lipinski definition) is 2. The van der Waals surface area contributed by atoms with Crippen molar-refractivity contribution < 1.29 is 14.4 Å². The molecular weight excluding hydrogens is 482 g/mol. The highest BCUT2D eigenvalue weighted by Gasteiger charge is 2.14. The van der Waals surface area contributed by atoms with Gasteiger partial charge in [0.1, 0.15) is 0 Å². The van der Waals surface area contributed by atoms with Gasteiger partial charge in [-0.2, -0.15) is 0 Å². The molecule has 5 rings (SSSR count). The minimum absolute atomic E-state index is 0.137. The molecule has 0 bridgehead atoms. The van der Waals surface area contributed by atoms with E-state index < -0.39 is 0 Å². The van der Waals surface area contributed by atoms with Crippen LogP contribution in [-0.4, -0.2) is 30.7 Å². The summed E-state index contributed by atoms with van der Waals surface area (Å²) >= 11 is 1.37. The van der Waals surface area contributed by atoms with Crippen LogP contribution >= 0.6 is 11.3 Å². The summed E-state index contributed by atoms with van der Waals surface area (Å²) in [5.74, 6) is -0.503. The van der Waals surface area contributed by atoms with Gasteiger partial charge in [0.15, 0.2) is 5.78 Å². The van der Waals surface area contributed by atoms with E-state index >= 15 is 0 Å². The second-order valence-electron chi connectivity index (χ2n) is 8.96. The first-order valence-electron chi connectivity index (χ1n) is 12.3. The van der Waals surface area contributed by atoms with Crippen LogP contribution in [0.4, 0.5) is 17.1 Å². The Kier molecular flexibility index (Phi) is 7.42. The number of hydrogen-bond acceptors (Lipinski definition) is 5. The zero-order valence-corrected chi connectivity index (χ0v) is 21.1. The average Bonchev–Trinajstić information content (AvgIpc) is 3.50. The number of ketones is 1. The molecule has 186 valence electrons. The number of nitrogens with zero attached hydrogens (tertiary/aromatic N) is 1. The Labute approximate surface area is 220 Å². The van der Waals surface area contributed by atoms with E-state index in [0.717, 1.165) is 18.8 Å². The Morgan fingerprint density at radius 2 is 1.16 bits per heavy atom.